The first-order chi connectivity index (χ1) is 13.5. The Morgan fingerprint density at radius 3 is 2.43 bits per heavy atom. The number of urea groups is 1. The van der Waals surface area contributed by atoms with Crippen molar-refractivity contribution in [2.24, 2.45) is 0 Å². The fourth-order valence-electron chi connectivity index (χ4n) is 2.81. The van der Waals surface area contributed by atoms with Crippen molar-refractivity contribution in [1.82, 2.24) is 10.2 Å². The van der Waals surface area contributed by atoms with Gasteiger partial charge in [0.2, 0.25) is 0 Å². The van der Waals surface area contributed by atoms with Gasteiger partial charge in [0.05, 0.1) is 19.8 Å². The average molecular weight is 384 g/mol. The standard InChI is InChI=1S/C21H21FN2O4/c1-3-27-17-10-7-15(19(12-17)28-4-2)11-18-20(25)24(21(26)23-18)13-14-5-8-16(22)9-6-14/h5-12H,3-4,13H2,1-2H3,(H,23,26). The van der Waals surface area contributed by atoms with Crippen molar-refractivity contribution in [3.8, 4) is 11.5 Å². The predicted molar refractivity (Wildman–Crippen MR) is 102 cm³/mol. The second-order valence-corrected chi connectivity index (χ2v) is 6.07. The third kappa shape index (κ3) is 4.31. The zero-order valence-corrected chi connectivity index (χ0v) is 15.7. The third-order valence-electron chi connectivity index (χ3n) is 4.11. The Bertz CT molecular complexity index is 909. The number of carbonyl (C=O) groups excluding carboxylic acids is 2. The van der Waals surface area contributed by atoms with E-state index in [4.69, 9.17) is 9.47 Å². The molecule has 0 spiro atoms. The summed E-state index contributed by atoms with van der Waals surface area (Å²) < 4.78 is 24.2. The van der Waals surface area contributed by atoms with Crippen LogP contribution in [0.1, 0.15) is 25.0 Å². The van der Waals surface area contributed by atoms with Gasteiger partial charge in [0.25, 0.3) is 5.91 Å². The Kier molecular flexibility index (Phi) is 5.93. The molecule has 1 aliphatic rings. The van der Waals surface area contributed by atoms with Gasteiger partial charge < -0.3 is 14.8 Å². The van der Waals surface area contributed by atoms with Crippen molar-refractivity contribution in [1.29, 1.82) is 0 Å². The molecule has 0 aliphatic carbocycles. The van der Waals surface area contributed by atoms with E-state index in [0.29, 0.717) is 35.8 Å². The molecule has 7 heteroatoms. The van der Waals surface area contributed by atoms with Crippen LogP contribution >= 0.6 is 0 Å². The van der Waals surface area contributed by atoms with E-state index in [-0.39, 0.29) is 18.1 Å². The molecular formula is C21H21FN2O4. The molecule has 2 aromatic carbocycles. The summed E-state index contributed by atoms with van der Waals surface area (Å²) in [4.78, 5) is 26.0. The second kappa shape index (κ2) is 8.56. The van der Waals surface area contributed by atoms with E-state index in [1.54, 1.807) is 24.3 Å². The number of ether oxygens (including phenoxy) is 2. The number of imide groups is 1. The summed E-state index contributed by atoms with van der Waals surface area (Å²) in [5.74, 6) is 0.388. The summed E-state index contributed by atoms with van der Waals surface area (Å²) >= 11 is 0. The third-order valence-corrected chi connectivity index (χ3v) is 4.11. The fourth-order valence-corrected chi connectivity index (χ4v) is 2.81. The molecule has 3 rings (SSSR count). The van der Waals surface area contributed by atoms with Crippen LogP contribution in [0.2, 0.25) is 0 Å². The zero-order valence-electron chi connectivity index (χ0n) is 15.7. The van der Waals surface area contributed by atoms with Gasteiger partial charge in [-0.3, -0.25) is 9.69 Å². The number of benzene rings is 2. The van der Waals surface area contributed by atoms with E-state index in [0.717, 1.165) is 4.90 Å². The van der Waals surface area contributed by atoms with Gasteiger partial charge in [0.15, 0.2) is 0 Å². The molecule has 1 N–H and O–H groups in total. The highest BCUT2D eigenvalue weighted by atomic mass is 19.1. The monoisotopic (exact) mass is 384 g/mol. The number of hydrogen-bond acceptors (Lipinski definition) is 4. The van der Waals surface area contributed by atoms with Crippen LogP contribution in [0.15, 0.2) is 48.2 Å². The normalized spacial score (nSPS) is 15.1. The van der Waals surface area contributed by atoms with Gasteiger partial charge in [0.1, 0.15) is 23.0 Å². The summed E-state index contributed by atoms with van der Waals surface area (Å²) in [6, 6.07) is 10.4. The largest absolute Gasteiger partial charge is 0.494 e. The van der Waals surface area contributed by atoms with Crippen molar-refractivity contribution < 1.29 is 23.5 Å². The van der Waals surface area contributed by atoms with E-state index in [9.17, 15) is 14.0 Å². The van der Waals surface area contributed by atoms with Crippen LogP contribution in [-0.4, -0.2) is 30.1 Å². The highest BCUT2D eigenvalue weighted by molar-refractivity contribution is 6.14. The van der Waals surface area contributed by atoms with Crippen LogP contribution in [0.5, 0.6) is 11.5 Å². The van der Waals surface area contributed by atoms with Gasteiger partial charge >= 0.3 is 6.03 Å². The van der Waals surface area contributed by atoms with E-state index < -0.39 is 11.9 Å². The molecule has 1 saturated heterocycles. The second-order valence-electron chi connectivity index (χ2n) is 6.07. The van der Waals surface area contributed by atoms with Gasteiger partial charge in [-0.1, -0.05) is 12.1 Å². The first kappa shape index (κ1) is 19.4. The summed E-state index contributed by atoms with van der Waals surface area (Å²) in [6.07, 6.45) is 1.58. The number of nitrogens with one attached hydrogen (secondary N) is 1. The van der Waals surface area contributed by atoms with Gasteiger partial charge in [-0.2, -0.15) is 0 Å². The van der Waals surface area contributed by atoms with E-state index in [1.165, 1.54) is 24.3 Å². The maximum Gasteiger partial charge on any atom is 0.329 e. The summed E-state index contributed by atoms with van der Waals surface area (Å²) in [5.41, 5.74) is 1.46. The molecule has 1 aliphatic heterocycles. The summed E-state index contributed by atoms with van der Waals surface area (Å²) in [6.45, 7) is 4.78. The summed E-state index contributed by atoms with van der Waals surface area (Å²) in [5, 5.41) is 2.58. The predicted octanol–water partition coefficient (Wildman–Crippen LogP) is 3.72. The Morgan fingerprint density at radius 1 is 1.04 bits per heavy atom. The molecule has 6 nitrogen and oxygen atoms in total. The molecule has 1 fully saturated rings. The first-order valence-corrected chi connectivity index (χ1v) is 9.00. The average Bonchev–Trinajstić information content (AvgIpc) is 2.93. The number of amides is 3. The highest BCUT2D eigenvalue weighted by Crippen LogP contribution is 2.28. The molecule has 0 radical (unpaired) electrons. The van der Waals surface area contributed by atoms with Crippen molar-refractivity contribution >= 4 is 18.0 Å². The molecule has 0 atom stereocenters. The van der Waals surface area contributed by atoms with E-state index >= 15 is 0 Å². The van der Waals surface area contributed by atoms with Crippen LogP contribution in [0, 0.1) is 5.82 Å². The van der Waals surface area contributed by atoms with E-state index in [1.807, 2.05) is 13.8 Å². The topological polar surface area (TPSA) is 67.9 Å². The minimum absolute atomic E-state index is 0.0594. The lowest BCUT2D eigenvalue weighted by Gasteiger charge is -2.12. The highest BCUT2D eigenvalue weighted by Gasteiger charge is 2.33. The molecule has 1 heterocycles. The molecule has 28 heavy (non-hydrogen) atoms. The molecule has 3 amide bonds. The molecule has 146 valence electrons. The Morgan fingerprint density at radius 2 is 1.75 bits per heavy atom. The number of hydrogen-bond donors (Lipinski definition) is 1. The van der Waals surface area contributed by atoms with Crippen molar-refractivity contribution in [3.63, 3.8) is 0 Å². The van der Waals surface area contributed by atoms with Crippen molar-refractivity contribution in [2.45, 2.75) is 20.4 Å². The lowest BCUT2D eigenvalue weighted by atomic mass is 10.1. The maximum absolute atomic E-state index is 13.0. The zero-order chi connectivity index (χ0) is 20.1. The number of rotatable bonds is 7. The smallest absolute Gasteiger partial charge is 0.329 e. The molecule has 2 aromatic rings. The minimum atomic E-state index is -0.524. The minimum Gasteiger partial charge on any atom is -0.494 e. The van der Waals surface area contributed by atoms with Gasteiger partial charge in [-0.25, -0.2) is 9.18 Å². The molecule has 0 bridgehead atoms. The van der Waals surface area contributed by atoms with Gasteiger partial charge in [0, 0.05) is 11.6 Å². The van der Waals surface area contributed by atoms with Crippen LogP contribution in [0.25, 0.3) is 6.08 Å². The molecule has 0 unspecified atom stereocenters. The Labute approximate surface area is 162 Å². The molecule has 0 saturated carbocycles. The molecule has 0 aromatic heterocycles. The number of halogens is 1. The lowest BCUT2D eigenvalue weighted by Crippen LogP contribution is -2.30. The maximum atomic E-state index is 13.0. The Hall–Kier alpha value is -3.35. The van der Waals surface area contributed by atoms with Crippen LogP contribution in [-0.2, 0) is 11.3 Å². The van der Waals surface area contributed by atoms with Crippen molar-refractivity contribution in [3.05, 3.63) is 65.1 Å². The number of nitrogens with zero attached hydrogens (tertiary/aromatic N) is 1. The van der Waals surface area contributed by atoms with Gasteiger partial charge in [-0.05, 0) is 49.8 Å². The van der Waals surface area contributed by atoms with Crippen molar-refractivity contribution in [2.75, 3.05) is 13.2 Å². The lowest BCUT2D eigenvalue weighted by molar-refractivity contribution is -0.123. The molecular weight excluding hydrogens is 363 g/mol. The SMILES string of the molecule is CCOc1ccc(C=C2NC(=O)N(Cc3ccc(F)cc3)C2=O)c(OCC)c1. The van der Waals surface area contributed by atoms with E-state index in [2.05, 4.69) is 5.32 Å². The van der Waals surface area contributed by atoms with Crippen LogP contribution in [0.3, 0.4) is 0 Å². The number of carbonyl (C=O) groups is 2. The quantitative estimate of drug-likeness (QED) is 0.584. The van der Waals surface area contributed by atoms with Gasteiger partial charge in [-0.15, -0.1) is 0 Å². The van der Waals surface area contributed by atoms with Crippen LogP contribution in [0.4, 0.5) is 9.18 Å². The summed E-state index contributed by atoms with van der Waals surface area (Å²) in [7, 11) is 0. The Balaban J connectivity index is 1.83. The first-order valence-electron chi connectivity index (χ1n) is 9.00. The fraction of sp³-hybridized carbons (Fsp3) is 0.238. The van der Waals surface area contributed by atoms with Crippen LogP contribution < -0.4 is 14.8 Å².